The lowest BCUT2D eigenvalue weighted by molar-refractivity contribution is -0.383. The Bertz CT molecular complexity index is 518. The summed E-state index contributed by atoms with van der Waals surface area (Å²) in [4.78, 5) is 27.2. The molecule has 70 valence electrons. The molecule has 0 saturated heterocycles. The number of aromatic amines is 1. The van der Waals surface area contributed by atoms with Crippen molar-refractivity contribution in [3.05, 3.63) is 34.1 Å². The molecule has 14 heavy (non-hydrogen) atoms. The van der Waals surface area contributed by atoms with Gasteiger partial charge in [0.1, 0.15) is 11.0 Å². The minimum absolute atomic E-state index is 0.129. The molecule has 0 fully saturated rings. The molecule has 0 radical (unpaired) electrons. The van der Waals surface area contributed by atoms with Crippen molar-refractivity contribution >= 4 is 23.0 Å². The predicted molar refractivity (Wildman–Crippen MR) is 48.1 cm³/mol. The van der Waals surface area contributed by atoms with Gasteiger partial charge >= 0.3 is 0 Å². The van der Waals surface area contributed by atoms with Crippen LogP contribution in [-0.2, 0) is 0 Å². The summed E-state index contributed by atoms with van der Waals surface area (Å²) < 4.78 is 0. The molecule has 0 aromatic carbocycles. The normalized spacial score (nSPS) is 10.3. The molecule has 6 heteroatoms. The maximum Gasteiger partial charge on any atom is 0.296 e. The maximum absolute atomic E-state index is 10.6. The molecule has 0 unspecified atom stereocenters. The number of fused-ring (bicyclic) bond motifs is 1. The molecule has 0 bridgehead atoms. The van der Waals surface area contributed by atoms with Crippen molar-refractivity contribution < 1.29 is 9.72 Å². The minimum Gasteiger partial charge on any atom is -0.340 e. The molecule has 0 atom stereocenters. The average molecular weight is 191 g/mol. The second kappa shape index (κ2) is 2.91. The average Bonchev–Trinajstić information content (AvgIpc) is 2.60. The molecule has 0 aliphatic heterocycles. The topological polar surface area (TPSA) is 88.9 Å². The van der Waals surface area contributed by atoms with E-state index in [0.29, 0.717) is 11.9 Å². The zero-order valence-corrected chi connectivity index (χ0v) is 6.93. The highest BCUT2D eigenvalue weighted by molar-refractivity contribution is 6.00. The van der Waals surface area contributed by atoms with Crippen LogP contribution in [0.3, 0.4) is 0 Å². The van der Waals surface area contributed by atoms with Gasteiger partial charge in [-0.25, -0.2) is 4.98 Å². The number of H-pyrrole nitrogens is 1. The third kappa shape index (κ3) is 1.05. The molecule has 0 aliphatic rings. The Morgan fingerprint density at radius 3 is 3.00 bits per heavy atom. The van der Waals surface area contributed by atoms with Crippen LogP contribution in [0.5, 0.6) is 0 Å². The van der Waals surface area contributed by atoms with E-state index in [1.54, 1.807) is 0 Å². The summed E-state index contributed by atoms with van der Waals surface area (Å²) in [6.45, 7) is 0. The zero-order chi connectivity index (χ0) is 10.1. The Morgan fingerprint density at radius 1 is 1.57 bits per heavy atom. The van der Waals surface area contributed by atoms with Crippen molar-refractivity contribution in [2.45, 2.75) is 0 Å². The second-order valence-corrected chi connectivity index (χ2v) is 2.67. The Kier molecular flexibility index (Phi) is 1.74. The molecule has 0 saturated carbocycles. The second-order valence-electron chi connectivity index (χ2n) is 2.67. The van der Waals surface area contributed by atoms with E-state index in [1.807, 2.05) is 0 Å². The van der Waals surface area contributed by atoms with E-state index in [9.17, 15) is 14.9 Å². The third-order valence-electron chi connectivity index (χ3n) is 1.91. The number of carbonyl (C=O) groups is 1. The number of nitrogens with one attached hydrogen (secondary N) is 1. The summed E-state index contributed by atoms with van der Waals surface area (Å²) in [6.07, 6.45) is 3.22. The van der Waals surface area contributed by atoms with Crippen LogP contribution in [0.15, 0.2) is 18.5 Å². The minimum atomic E-state index is -0.548. The number of carbonyl (C=O) groups excluding carboxylic acids is 1. The highest BCUT2D eigenvalue weighted by Gasteiger charge is 2.17. The van der Waals surface area contributed by atoms with Crippen molar-refractivity contribution in [2.24, 2.45) is 0 Å². The lowest BCUT2D eigenvalue weighted by Crippen LogP contribution is -1.89. The monoisotopic (exact) mass is 191 g/mol. The standard InChI is InChI=1S/C8H5N3O3/c12-4-5-1-2-9-8-7(5)6(3-10-8)11(13)14/h1-4H,(H,9,10). The van der Waals surface area contributed by atoms with Gasteiger partial charge in [0.05, 0.1) is 11.1 Å². The van der Waals surface area contributed by atoms with Crippen molar-refractivity contribution in [1.29, 1.82) is 0 Å². The fourth-order valence-electron chi connectivity index (χ4n) is 1.31. The number of nitro groups is 1. The lowest BCUT2D eigenvalue weighted by Gasteiger charge is -1.92. The summed E-state index contributed by atoms with van der Waals surface area (Å²) >= 11 is 0. The van der Waals surface area contributed by atoms with Crippen LogP contribution in [0.25, 0.3) is 11.0 Å². The fraction of sp³-hybridized carbons (Fsp3) is 0. The number of nitrogens with zero attached hydrogens (tertiary/aromatic N) is 2. The highest BCUT2D eigenvalue weighted by atomic mass is 16.6. The summed E-state index contributed by atoms with van der Waals surface area (Å²) in [6, 6.07) is 1.44. The van der Waals surface area contributed by atoms with Crippen LogP contribution >= 0.6 is 0 Å². The summed E-state index contributed by atoms with van der Waals surface area (Å²) in [5, 5.41) is 10.8. The Morgan fingerprint density at radius 2 is 2.36 bits per heavy atom. The molecule has 0 spiro atoms. The van der Waals surface area contributed by atoms with Gasteiger partial charge in [-0.1, -0.05) is 0 Å². The van der Waals surface area contributed by atoms with Gasteiger partial charge in [-0.15, -0.1) is 0 Å². The largest absolute Gasteiger partial charge is 0.340 e. The first-order valence-electron chi connectivity index (χ1n) is 3.79. The highest BCUT2D eigenvalue weighted by Crippen LogP contribution is 2.25. The molecule has 0 amide bonds. The molecular formula is C8H5N3O3. The predicted octanol–water partition coefficient (Wildman–Crippen LogP) is 1.28. The lowest BCUT2D eigenvalue weighted by atomic mass is 10.2. The summed E-state index contributed by atoms with van der Waals surface area (Å²) in [7, 11) is 0. The van der Waals surface area contributed by atoms with Gasteiger partial charge in [0.25, 0.3) is 5.69 Å². The van der Waals surface area contributed by atoms with Gasteiger partial charge in [0.2, 0.25) is 0 Å². The fourth-order valence-corrected chi connectivity index (χ4v) is 1.31. The smallest absolute Gasteiger partial charge is 0.296 e. The molecular weight excluding hydrogens is 186 g/mol. The van der Waals surface area contributed by atoms with E-state index in [4.69, 9.17) is 0 Å². The molecule has 1 N–H and O–H groups in total. The van der Waals surface area contributed by atoms with E-state index >= 15 is 0 Å². The van der Waals surface area contributed by atoms with Crippen LogP contribution in [0.2, 0.25) is 0 Å². The van der Waals surface area contributed by atoms with Crippen LogP contribution < -0.4 is 0 Å². The molecule has 2 rings (SSSR count). The first-order valence-corrected chi connectivity index (χ1v) is 3.79. The number of aldehydes is 1. The summed E-state index contributed by atoms with van der Waals surface area (Å²) in [5.74, 6) is 0. The quantitative estimate of drug-likeness (QED) is 0.440. The first-order chi connectivity index (χ1) is 6.74. The molecule has 0 aliphatic carbocycles. The number of rotatable bonds is 2. The van der Waals surface area contributed by atoms with Gasteiger partial charge in [-0.2, -0.15) is 0 Å². The van der Waals surface area contributed by atoms with Gasteiger partial charge in [0, 0.05) is 11.8 Å². The van der Waals surface area contributed by atoms with Crippen LogP contribution in [-0.4, -0.2) is 21.2 Å². The molecule has 2 heterocycles. The van der Waals surface area contributed by atoms with Crippen molar-refractivity contribution in [3.63, 3.8) is 0 Å². The van der Waals surface area contributed by atoms with Gasteiger partial charge in [-0.05, 0) is 6.07 Å². The molecule has 2 aromatic heterocycles. The van der Waals surface area contributed by atoms with E-state index < -0.39 is 4.92 Å². The Hall–Kier alpha value is -2.24. The maximum atomic E-state index is 10.6. The van der Waals surface area contributed by atoms with E-state index in [2.05, 4.69) is 9.97 Å². The Balaban J connectivity index is 2.87. The van der Waals surface area contributed by atoms with Gasteiger partial charge in [0.15, 0.2) is 6.29 Å². The van der Waals surface area contributed by atoms with Crippen molar-refractivity contribution in [1.82, 2.24) is 9.97 Å². The number of pyridine rings is 1. The van der Waals surface area contributed by atoms with Crippen LogP contribution in [0.4, 0.5) is 5.69 Å². The number of hydrogen-bond donors (Lipinski definition) is 1. The van der Waals surface area contributed by atoms with Crippen LogP contribution in [0.1, 0.15) is 10.4 Å². The van der Waals surface area contributed by atoms with Crippen molar-refractivity contribution in [2.75, 3.05) is 0 Å². The SMILES string of the molecule is O=Cc1ccnc2[nH]cc([N+](=O)[O-])c12. The molecule has 2 aromatic rings. The number of hydrogen-bond acceptors (Lipinski definition) is 4. The number of aromatic nitrogens is 2. The zero-order valence-electron chi connectivity index (χ0n) is 6.93. The first kappa shape index (κ1) is 8.36. The Labute approximate surface area is 77.7 Å². The van der Waals surface area contributed by atoms with E-state index in [-0.39, 0.29) is 16.6 Å². The summed E-state index contributed by atoms with van der Waals surface area (Å²) in [5.41, 5.74) is 0.486. The third-order valence-corrected chi connectivity index (χ3v) is 1.91. The van der Waals surface area contributed by atoms with Gasteiger partial charge < -0.3 is 4.98 Å². The van der Waals surface area contributed by atoms with Crippen LogP contribution in [0, 0.1) is 10.1 Å². The molecule has 6 nitrogen and oxygen atoms in total. The van der Waals surface area contributed by atoms with Gasteiger partial charge in [-0.3, -0.25) is 14.9 Å². The van der Waals surface area contributed by atoms with E-state index in [0.717, 1.165) is 0 Å². The van der Waals surface area contributed by atoms with Crippen molar-refractivity contribution in [3.8, 4) is 0 Å². The van der Waals surface area contributed by atoms with E-state index in [1.165, 1.54) is 18.5 Å².